The molecule has 1 aliphatic heterocycles. The Morgan fingerprint density at radius 3 is 2.19 bits per heavy atom. The highest BCUT2D eigenvalue weighted by Crippen LogP contribution is 2.39. The first-order valence-corrected chi connectivity index (χ1v) is 12.6. The van der Waals surface area contributed by atoms with Gasteiger partial charge in [-0.15, -0.1) is 0 Å². The minimum absolute atomic E-state index is 0.0171. The minimum Gasteiger partial charge on any atom is -0.872 e. The van der Waals surface area contributed by atoms with Crippen molar-refractivity contribution >= 4 is 17.4 Å². The number of benzene rings is 2. The topological polar surface area (TPSA) is 83.3 Å². The summed E-state index contributed by atoms with van der Waals surface area (Å²) in [6, 6.07) is 13.1. The summed E-state index contributed by atoms with van der Waals surface area (Å²) in [7, 11) is 0. The van der Waals surface area contributed by atoms with Gasteiger partial charge in [0.1, 0.15) is 18.1 Å². The van der Waals surface area contributed by atoms with Crippen molar-refractivity contribution in [1.82, 2.24) is 4.90 Å². The fourth-order valence-electron chi connectivity index (χ4n) is 4.31. The molecule has 0 aliphatic carbocycles. The maximum atomic E-state index is 13.6. The average Bonchev–Trinajstić information content (AvgIpc) is 3.16. The quantitative estimate of drug-likeness (QED) is 0.201. The van der Waals surface area contributed by atoms with Crippen LogP contribution in [0.25, 0.3) is 5.76 Å². The first-order chi connectivity index (χ1) is 17.4. The summed E-state index contributed by atoms with van der Waals surface area (Å²) >= 11 is 0. The second-order valence-electron chi connectivity index (χ2n) is 8.72. The first kappa shape index (κ1) is 27.0. The number of carbonyl (C=O) groups excluding carboxylic acids is 2. The van der Waals surface area contributed by atoms with Gasteiger partial charge in [0.15, 0.2) is 0 Å². The molecule has 0 radical (unpaired) electrons. The van der Waals surface area contributed by atoms with E-state index in [2.05, 4.69) is 20.4 Å². The molecule has 7 heteroatoms. The van der Waals surface area contributed by atoms with Gasteiger partial charge in [-0.2, -0.15) is 0 Å². The third-order valence-electron chi connectivity index (χ3n) is 6.39. The number of rotatable bonds is 13. The predicted molar refractivity (Wildman–Crippen MR) is 138 cm³/mol. The number of hydrogen-bond acceptors (Lipinski definition) is 5. The largest absolute Gasteiger partial charge is 0.872 e. The van der Waals surface area contributed by atoms with E-state index in [4.69, 9.17) is 9.47 Å². The van der Waals surface area contributed by atoms with Crippen LogP contribution in [0.15, 0.2) is 66.8 Å². The highest BCUT2D eigenvalue weighted by Gasteiger charge is 2.44. The van der Waals surface area contributed by atoms with Gasteiger partial charge < -0.3 is 24.4 Å². The maximum Gasteiger partial charge on any atom is 0.295 e. The van der Waals surface area contributed by atoms with Crippen LogP contribution in [0.4, 0.5) is 0 Å². The molecule has 1 heterocycles. The lowest BCUT2D eigenvalue weighted by Gasteiger charge is -2.28. The molecule has 0 spiro atoms. The van der Waals surface area contributed by atoms with Crippen molar-refractivity contribution in [1.29, 1.82) is 0 Å². The Morgan fingerprint density at radius 1 is 1.00 bits per heavy atom. The Kier molecular flexibility index (Phi) is 9.70. The lowest BCUT2D eigenvalue weighted by atomic mass is 9.95. The van der Waals surface area contributed by atoms with Gasteiger partial charge >= 0.3 is 0 Å². The van der Waals surface area contributed by atoms with Crippen molar-refractivity contribution < 1.29 is 29.1 Å². The number of carbonyl (C=O) groups is 2. The summed E-state index contributed by atoms with van der Waals surface area (Å²) in [6.07, 6.45) is 2.52. The second-order valence-corrected chi connectivity index (χ2v) is 8.72. The molecule has 3 rings (SSSR count). The summed E-state index contributed by atoms with van der Waals surface area (Å²) in [6.45, 7) is 13.7. The van der Waals surface area contributed by atoms with Gasteiger partial charge in [-0.3, -0.25) is 9.59 Å². The van der Waals surface area contributed by atoms with Gasteiger partial charge in [-0.05, 0) is 55.7 Å². The van der Waals surface area contributed by atoms with E-state index in [1.165, 1.54) is 4.90 Å². The Morgan fingerprint density at radius 2 is 1.61 bits per heavy atom. The monoisotopic (exact) mass is 492 g/mol. The number of quaternary nitrogens is 1. The molecule has 1 unspecified atom stereocenters. The summed E-state index contributed by atoms with van der Waals surface area (Å²) in [4.78, 5) is 29.2. The van der Waals surface area contributed by atoms with E-state index in [0.29, 0.717) is 48.9 Å². The summed E-state index contributed by atoms with van der Waals surface area (Å²) in [5.41, 5.74) is 1.03. The number of amides is 1. The number of ether oxygens (including phenoxy) is 2. The van der Waals surface area contributed by atoms with Crippen LogP contribution in [0.3, 0.4) is 0 Å². The zero-order valence-corrected chi connectivity index (χ0v) is 21.4. The third-order valence-corrected chi connectivity index (χ3v) is 6.39. The molecule has 1 saturated heterocycles. The summed E-state index contributed by atoms with van der Waals surface area (Å²) in [5, 5.41) is 13.6. The summed E-state index contributed by atoms with van der Waals surface area (Å²) < 4.78 is 11.2. The molecular weight excluding hydrogens is 456 g/mol. The van der Waals surface area contributed by atoms with Crippen molar-refractivity contribution in [2.24, 2.45) is 0 Å². The van der Waals surface area contributed by atoms with Gasteiger partial charge in [0, 0.05) is 5.57 Å². The van der Waals surface area contributed by atoms with Crippen LogP contribution in [0.5, 0.6) is 11.5 Å². The zero-order valence-electron chi connectivity index (χ0n) is 21.4. The molecule has 1 aliphatic rings. The van der Waals surface area contributed by atoms with Crippen molar-refractivity contribution in [2.45, 2.75) is 33.2 Å². The van der Waals surface area contributed by atoms with Gasteiger partial charge in [-0.1, -0.05) is 49.6 Å². The van der Waals surface area contributed by atoms with Gasteiger partial charge in [0.05, 0.1) is 38.8 Å². The summed E-state index contributed by atoms with van der Waals surface area (Å²) in [5.74, 6) is -0.519. The van der Waals surface area contributed by atoms with Crippen LogP contribution < -0.4 is 19.5 Å². The van der Waals surface area contributed by atoms with Gasteiger partial charge in [0.25, 0.3) is 5.91 Å². The van der Waals surface area contributed by atoms with E-state index in [1.54, 1.807) is 35.2 Å². The van der Waals surface area contributed by atoms with Crippen LogP contribution in [0, 0.1) is 0 Å². The molecule has 1 atom stereocenters. The van der Waals surface area contributed by atoms with E-state index in [-0.39, 0.29) is 5.57 Å². The Labute approximate surface area is 213 Å². The Bertz CT molecular complexity index is 1070. The number of Topliss-reactive ketones (excluding diaryl/α,β-unsaturated/α-hetero) is 1. The minimum atomic E-state index is -0.746. The van der Waals surface area contributed by atoms with E-state index in [1.807, 2.05) is 31.2 Å². The fraction of sp³-hybridized carbons (Fsp3) is 0.379. The molecule has 0 saturated carbocycles. The van der Waals surface area contributed by atoms with Gasteiger partial charge in [-0.25, -0.2) is 0 Å². The number of ketones is 1. The van der Waals surface area contributed by atoms with Crippen molar-refractivity contribution in [3.05, 3.63) is 77.9 Å². The van der Waals surface area contributed by atoms with Crippen LogP contribution in [0.2, 0.25) is 0 Å². The molecule has 1 amide bonds. The smallest absolute Gasteiger partial charge is 0.295 e. The van der Waals surface area contributed by atoms with Gasteiger partial charge in [0.2, 0.25) is 5.78 Å². The van der Waals surface area contributed by atoms with Crippen LogP contribution in [-0.2, 0) is 9.59 Å². The number of likely N-dealkylation sites (tertiary alicyclic amines) is 1. The molecular formula is C29H36N2O5. The van der Waals surface area contributed by atoms with E-state index >= 15 is 0 Å². The fourth-order valence-corrected chi connectivity index (χ4v) is 4.31. The standard InChI is InChI=1S/C29H36N2O5/c1-5-19-35-23-13-9-21(10-14-23)26-25(27(32)22-11-15-24(16-12-22)36-20-6-2)28(33)29(34)31(26)18-17-30(7-3)8-4/h6,9-16,26,32H,2,5,7-8,17-20H2,1,3-4H3/b27-25+. The Balaban J connectivity index is 2.01. The molecule has 1 fully saturated rings. The SMILES string of the molecule is C=CCOc1ccc(/C([O-])=C2\C(=O)C(=O)N(CC[NH+](CC)CC)C2c2ccc(OCCC)cc2)cc1. The highest BCUT2D eigenvalue weighted by atomic mass is 16.5. The second kappa shape index (κ2) is 12.9. The lowest BCUT2D eigenvalue weighted by Crippen LogP contribution is -3.12. The molecule has 0 bridgehead atoms. The molecule has 36 heavy (non-hydrogen) atoms. The van der Waals surface area contributed by atoms with E-state index < -0.39 is 23.5 Å². The molecule has 2 aromatic carbocycles. The molecule has 2 aromatic rings. The number of hydrogen-bond donors (Lipinski definition) is 1. The average molecular weight is 493 g/mol. The highest BCUT2D eigenvalue weighted by molar-refractivity contribution is 6.46. The first-order valence-electron chi connectivity index (χ1n) is 12.6. The van der Waals surface area contributed by atoms with E-state index in [0.717, 1.165) is 19.5 Å². The van der Waals surface area contributed by atoms with Crippen LogP contribution in [0.1, 0.15) is 44.4 Å². The predicted octanol–water partition coefficient (Wildman–Crippen LogP) is 2.19. The molecule has 192 valence electrons. The number of nitrogens with one attached hydrogen (secondary N) is 1. The lowest BCUT2D eigenvalue weighted by molar-refractivity contribution is -0.895. The van der Waals surface area contributed by atoms with Crippen molar-refractivity contribution in [2.75, 3.05) is 39.4 Å². The molecule has 7 nitrogen and oxygen atoms in total. The number of likely N-dealkylation sites (N-methyl/N-ethyl adjacent to an activating group) is 1. The zero-order chi connectivity index (χ0) is 26.1. The third kappa shape index (κ3) is 6.15. The van der Waals surface area contributed by atoms with Crippen LogP contribution in [-0.4, -0.2) is 56.0 Å². The van der Waals surface area contributed by atoms with Crippen molar-refractivity contribution in [3.8, 4) is 11.5 Å². The molecule has 0 aromatic heterocycles. The van der Waals surface area contributed by atoms with Crippen molar-refractivity contribution in [3.63, 3.8) is 0 Å². The molecule has 1 N–H and O–H groups in total. The normalized spacial score (nSPS) is 17.0. The Hall–Kier alpha value is -3.58. The van der Waals surface area contributed by atoms with Crippen LogP contribution >= 0.6 is 0 Å². The number of nitrogens with zero attached hydrogens (tertiary/aromatic N) is 1. The maximum absolute atomic E-state index is 13.6. The van der Waals surface area contributed by atoms with E-state index in [9.17, 15) is 14.7 Å².